The van der Waals surface area contributed by atoms with E-state index in [2.05, 4.69) is 20.5 Å². The van der Waals surface area contributed by atoms with Gasteiger partial charge in [-0.1, -0.05) is 0 Å². The molecule has 0 bridgehead atoms. The fourth-order valence-corrected chi connectivity index (χ4v) is 1.87. The number of amides is 1. The number of rotatable bonds is 4. The van der Waals surface area contributed by atoms with E-state index in [1.165, 1.54) is 6.39 Å². The van der Waals surface area contributed by atoms with E-state index in [4.69, 9.17) is 4.42 Å². The van der Waals surface area contributed by atoms with E-state index in [0.29, 0.717) is 18.0 Å². The summed E-state index contributed by atoms with van der Waals surface area (Å²) >= 11 is 0. The second kappa shape index (κ2) is 5.79. The number of nitrogens with one attached hydrogen (secondary N) is 2. The number of aryl methyl sites for hydroxylation is 1. The number of oxazole rings is 1. The Morgan fingerprint density at radius 2 is 2.35 bits per heavy atom. The molecule has 1 aliphatic rings. The van der Waals surface area contributed by atoms with E-state index >= 15 is 0 Å². The van der Waals surface area contributed by atoms with Crippen LogP contribution >= 0.6 is 0 Å². The second-order valence-electron chi connectivity index (χ2n) is 4.10. The van der Waals surface area contributed by atoms with Gasteiger partial charge in [-0.15, -0.1) is 0 Å². The van der Waals surface area contributed by atoms with Gasteiger partial charge in [0.1, 0.15) is 5.76 Å². The molecule has 0 aromatic carbocycles. The van der Waals surface area contributed by atoms with Crippen molar-refractivity contribution >= 4 is 5.91 Å². The normalized spacial score (nSPS) is 17.0. The fourth-order valence-electron chi connectivity index (χ4n) is 1.87. The molecule has 0 atom stereocenters. The van der Waals surface area contributed by atoms with Crippen molar-refractivity contribution in [3.05, 3.63) is 17.8 Å². The number of carbonyl (C=O) groups excluding carboxylic acids is 1. The van der Waals surface area contributed by atoms with Gasteiger partial charge in [0.05, 0.1) is 0 Å². The maximum atomic E-state index is 11.7. The van der Waals surface area contributed by atoms with E-state index < -0.39 is 0 Å². The van der Waals surface area contributed by atoms with Crippen LogP contribution < -0.4 is 10.6 Å². The molecule has 2 rings (SSSR count). The first-order valence-electron chi connectivity index (χ1n) is 5.89. The van der Waals surface area contributed by atoms with E-state index in [1.807, 2.05) is 0 Å². The third kappa shape index (κ3) is 3.28. The van der Waals surface area contributed by atoms with Gasteiger partial charge in [-0.2, -0.15) is 0 Å². The lowest BCUT2D eigenvalue weighted by Gasteiger charge is -2.26. The van der Waals surface area contributed by atoms with Crippen LogP contribution in [0.1, 0.15) is 16.2 Å². The summed E-state index contributed by atoms with van der Waals surface area (Å²) < 4.78 is 4.99. The first-order valence-corrected chi connectivity index (χ1v) is 5.89. The summed E-state index contributed by atoms with van der Waals surface area (Å²) in [6.45, 7) is 7.39. The largest absolute Gasteiger partial charge is 0.448 e. The van der Waals surface area contributed by atoms with Gasteiger partial charge >= 0.3 is 0 Å². The van der Waals surface area contributed by atoms with Crippen molar-refractivity contribution in [1.29, 1.82) is 0 Å². The average molecular weight is 238 g/mol. The molecule has 1 aromatic rings. The number of nitrogens with zero attached hydrogens (tertiary/aromatic N) is 2. The minimum Gasteiger partial charge on any atom is -0.448 e. The molecule has 6 heteroatoms. The zero-order chi connectivity index (χ0) is 12.1. The van der Waals surface area contributed by atoms with Gasteiger partial charge in [0.25, 0.3) is 5.91 Å². The standard InChI is InChI=1S/C11H18N4O2/c1-9-10(14-8-17-9)11(16)13-4-7-15-5-2-12-3-6-15/h8,12H,2-7H2,1H3,(H,13,16). The molecule has 2 heterocycles. The molecule has 0 saturated carbocycles. The summed E-state index contributed by atoms with van der Waals surface area (Å²) in [6, 6.07) is 0. The van der Waals surface area contributed by atoms with Crippen molar-refractivity contribution in [3.8, 4) is 0 Å². The van der Waals surface area contributed by atoms with Gasteiger partial charge < -0.3 is 15.1 Å². The predicted molar refractivity (Wildman–Crippen MR) is 62.9 cm³/mol. The summed E-state index contributed by atoms with van der Waals surface area (Å²) in [7, 11) is 0. The lowest BCUT2D eigenvalue weighted by atomic mass is 10.3. The van der Waals surface area contributed by atoms with Crippen LogP contribution in [0.3, 0.4) is 0 Å². The minimum atomic E-state index is -0.161. The molecule has 0 aliphatic carbocycles. The Kier molecular flexibility index (Phi) is 4.11. The van der Waals surface area contributed by atoms with Crippen molar-refractivity contribution in [2.45, 2.75) is 6.92 Å². The Morgan fingerprint density at radius 1 is 1.59 bits per heavy atom. The number of hydrogen-bond acceptors (Lipinski definition) is 5. The van der Waals surface area contributed by atoms with Gasteiger partial charge in [0.15, 0.2) is 12.1 Å². The van der Waals surface area contributed by atoms with E-state index in [9.17, 15) is 4.79 Å². The molecule has 0 radical (unpaired) electrons. The molecular weight excluding hydrogens is 220 g/mol. The van der Waals surface area contributed by atoms with Crippen LogP contribution in [-0.4, -0.2) is 55.1 Å². The highest BCUT2D eigenvalue weighted by Crippen LogP contribution is 2.03. The number of carbonyl (C=O) groups is 1. The third-order valence-corrected chi connectivity index (χ3v) is 2.88. The maximum absolute atomic E-state index is 11.7. The topological polar surface area (TPSA) is 70.4 Å². The molecule has 1 fully saturated rings. The lowest BCUT2D eigenvalue weighted by Crippen LogP contribution is -2.46. The first kappa shape index (κ1) is 12.1. The minimum absolute atomic E-state index is 0.161. The number of hydrogen-bond donors (Lipinski definition) is 2. The highest BCUT2D eigenvalue weighted by Gasteiger charge is 2.14. The van der Waals surface area contributed by atoms with E-state index in [-0.39, 0.29) is 5.91 Å². The zero-order valence-electron chi connectivity index (χ0n) is 10.0. The van der Waals surface area contributed by atoms with Gasteiger partial charge in [-0.3, -0.25) is 9.69 Å². The van der Waals surface area contributed by atoms with Crippen LogP contribution in [0.2, 0.25) is 0 Å². The van der Waals surface area contributed by atoms with Crippen LogP contribution in [0.25, 0.3) is 0 Å². The molecule has 1 aliphatic heterocycles. The molecule has 1 aromatic heterocycles. The van der Waals surface area contributed by atoms with E-state index in [1.54, 1.807) is 6.92 Å². The molecule has 94 valence electrons. The van der Waals surface area contributed by atoms with Crippen LogP contribution in [0.4, 0.5) is 0 Å². The number of piperazine rings is 1. The Labute approximate surface area is 100 Å². The molecule has 0 spiro atoms. The van der Waals surface area contributed by atoms with E-state index in [0.717, 1.165) is 32.7 Å². The highest BCUT2D eigenvalue weighted by atomic mass is 16.3. The maximum Gasteiger partial charge on any atom is 0.273 e. The van der Waals surface area contributed by atoms with Crippen molar-refractivity contribution in [3.63, 3.8) is 0 Å². The molecular formula is C11H18N4O2. The average Bonchev–Trinajstić information content (AvgIpc) is 2.77. The van der Waals surface area contributed by atoms with Gasteiger partial charge in [0, 0.05) is 39.3 Å². The van der Waals surface area contributed by atoms with Crippen molar-refractivity contribution < 1.29 is 9.21 Å². The third-order valence-electron chi connectivity index (χ3n) is 2.88. The second-order valence-corrected chi connectivity index (χ2v) is 4.10. The Morgan fingerprint density at radius 3 is 3.00 bits per heavy atom. The first-order chi connectivity index (χ1) is 8.27. The van der Waals surface area contributed by atoms with Crippen molar-refractivity contribution in [2.75, 3.05) is 39.3 Å². The smallest absolute Gasteiger partial charge is 0.273 e. The monoisotopic (exact) mass is 238 g/mol. The molecule has 2 N–H and O–H groups in total. The summed E-state index contributed by atoms with van der Waals surface area (Å²) in [6.07, 6.45) is 1.29. The van der Waals surface area contributed by atoms with Crippen LogP contribution in [-0.2, 0) is 0 Å². The lowest BCUT2D eigenvalue weighted by molar-refractivity contribution is 0.0941. The Balaban J connectivity index is 1.71. The zero-order valence-corrected chi connectivity index (χ0v) is 10.0. The molecule has 17 heavy (non-hydrogen) atoms. The quantitative estimate of drug-likeness (QED) is 0.748. The van der Waals surface area contributed by atoms with Crippen LogP contribution in [0.15, 0.2) is 10.8 Å². The predicted octanol–water partition coefficient (Wildman–Crippen LogP) is -0.382. The van der Waals surface area contributed by atoms with Crippen LogP contribution in [0.5, 0.6) is 0 Å². The summed E-state index contributed by atoms with van der Waals surface area (Å²) in [5.41, 5.74) is 0.380. The molecule has 1 saturated heterocycles. The van der Waals surface area contributed by atoms with Gasteiger partial charge in [-0.25, -0.2) is 4.98 Å². The van der Waals surface area contributed by atoms with Gasteiger partial charge in [0.2, 0.25) is 0 Å². The SMILES string of the molecule is Cc1ocnc1C(=O)NCCN1CCNCC1. The molecule has 1 amide bonds. The van der Waals surface area contributed by atoms with Gasteiger partial charge in [-0.05, 0) is 6.92 Å². The number of aromatic nitrogens is 1. The van der Waals surface area contributed by atoms with Crippen LogP contribution in [0, 0.1) is 6.92 Å². The Hall–Kier alpha value is -1.40. The van der Waals surface area contributed by atoms with Crippen molar-refractivity contribution in [1.82, 2.24) is 20.5 Å². The summed E-state index contributed by atoms with van der Waals surface area (Å²) in [5.74, 6) is 0.399. The Bertz CT molecular complexity index is 371. The fraction of sp³-hybridized carbons (Fsp3) is 0.636. The summed E-state index contributed by atoms with van der Waals surface area (Å²) in [4.78, 5) is 17.9. The summed E-state index contributed by atoms with van der Waals surface area (Å²) in [5, 5.41) is 6.14. The van der Waals surface area contributed by atoms with Crippen molar-refractivity contribution in [2.24, 2.45) is 0 Å². The molecule has 6 nitrogen and oxygen atoms in total. The molecule has 0 unspecified atom stereocenters. The highest BCUT2D eigenvalue weighted by molar-refractivity contribution is 5.92.